The minimum Gasteiger partial charge on any atom is -0.311 e. The molecule has 6 aromatic carbocycles. The van der Waals surface area contributed by atoms with Crippen LogP contribution in [0.3, 0.4) is 0 Å². The van der Waals surface area contributed by atoms with Crippen LogP contribution in [0.2, 0.25) is 0 Å². The molecule has 0 aliphatic carbocycles. The zero-order valence-corrected chi connectivity index (χ0v) is 22.0. The highest BCUT2D eigenvalue weighted by Crippen LogP contribution is 2.43. The molecule has 2 nitrogen and oxygen atoms in total. The van der Waals surface area contributed by atoms with E-state index in [1.165, 1.54) is 42.0 Å². The van der Waals surface area contributed by atoms with E-state index in [2.05, 4.69) is 155 Å². The molecule has 0 N–H and O–H groups in total. The highest BCUT2D eigenvalue weighted by atomic mass is 32.1. The number of rotatable bonds is 4. The van der Waals surface area contributed by atoms with Crippen molar-refractivity contribution in [3.63, 3.8) is 0 Å². The molecule has 0 amide bonds. The number of hydrogen-bond donors (Lipinski definition) is 0. The van der Waals surface area contributed by atoms with E-state index < -0.39 is 0 Å². The van der Waals surface area contributed by atoms with Crippen molar-refractivity contribution >= 4 is 70.4 Å². The molecule has 8 rings (SSSR count). The molecule has 39 heavy (non-hydrogen) atoms. The molecule has 0 atom stereocenters. The van der Waals surface area contributed by atoms with Crippen LogP contribution in [0.4, 0.5) is 17.1 Å². The minimum atomic E-state index is 1.13. The number of thiophene rings is 1. The first kappa shape index (κ1) is 22.2. The van der Waals surface area contributed by atoms with Gasteiger partial charge in [-0.15, -0.1) is 11.3 Å². The van der Waals surface area contributed by atoms with Crippen LogP contribution >= 0.6 is 11.3 Å². The molecule has 0 bridgehead atoms. The van der Waals surface area contributed by atoms with Gasteiger partial charge in [0.05, 0.1) is 11.0 Å². The van der Waals surface area contributed by atoms with E-state index in [4.69, 9.17) is 0 Å². The van der Waals surface area contributed by atoms with Gasteiger partial charge in [-0.25, -0.2) is 0 Å². The zero-order valence-electron chi connectivity index (χ0n) is 21.2. The molecular weight excluding hydrogens is 492 g/mol. The van der Waals surface area contributed by atoms with Crippen LogP contribution in [0.15, 0.2) is 146 Å². The fourth-order valence-corrected chi connectivity index (χ4v) is 7.12. The highest BCUT2D eigenvalue weighted by molar-refractivity contribution is 7.26. The molecule has 0 aliphatic heterocycles. The van der Waals surface area contributed by atoms with Gasteiger partial charge in [0, 0.05) is 53.7 Å². The first-order valence-corrected chi connectivity index (χ1v) is 14.0. The Morgan fingerprint density at radius 3 is 1.74 bits per heavy atom. The molecule has 8 aromatic rings. The van der Waals surface area contributed by atoms with Gasteiger partial charge in [0.1, 0.15) is 0 Å². The Morgan fingerprint density at radius 2 is 1.03 bits per heavy atom. The molecule has 2 heterocycles. The molecule has 0 saturated carbocycles. The minimum absolute atomic E-state index is 1.13. The maximum Gasteiger partial charge on any atom is 0.0555 e. The van der Waals surface area contributed by atoms with E-state index in [0.717, 1.165) is 22.7 Å². The highest BCUT2D eigenvalue weighted by Gasteiger charge is 2.18. The molecule has 0 unspecified atom stereocenters. The second-order valence-corrected chi connectivity index (χ2v) is 10.9. The fraction of sp³-hybridized carbons (Fsp3) is 0. The summed E-state index contributed by atoms with van der Waals surface area (Å²) in [5.41, 5.74) is 7.04. The fourth-order valence-electron chi connectivity index (χ4n) is 5.87. The van der Waals surface area contributed by atoms with Gasteiger partial charge in [0.15, 0.2) is 0 Å². The second-order valence-electron chi connectivity index (χ2n) is 9.81. The van der Waals surface area contributed by atoms with Crippen molar-refractivity contribution in [3.05, 3.63) is 146 Å². The maximum absolute atomic E-state index is 2.41. The quantitative estimate of drug-likeness (QED) is 0.226. The van der Waals surface area contributed by atoms with Gasteiger partial charge in [-0.05, 0) is 66.7 Å². The Bertz CT molecular complexity index is 2060. The standard InChI is InChI=1S/C36H24N2S/c1-3-11-25(12-4-1)37(26-13-5-2-6-14-26)27-19-21-28(22-20-27)38-32-17-9-7-16-31(32)35-33(38)24-23-30-29-15-8-10-18-34(29)39-36(30)35/h1-24H. The summed E-state index contributed by atoms with van der Waals surface area (Å²) in [5.74, 6) is 0. The first-order valence-electron chi connectivity index (χ1n) is 13.2. The lowest BCUT2D eigenvalue weighted by Gasteiger charge is -2.25. The molecule has 2 aromatic heterocycles. The van der Waals surface area contributed by atoms with Gasteiger partial charge in [0.2, 0.25) is 0 Å². The zero-order chi connectivity index (χ0) is 25.8. The Morgan fingerprint density at radius 1 is 0.436 bits per heavy atom. The smallest absolute Gasteiger partial charge is 0.0555 e. The summed E-state index contributed by atoms with van der Waals surface area (Å²) < 4.78 is 5.11. The van der Waals surface area contributed by atoms with E-state index >= 15 is 0 Å². The molecule has 0 fully saturated rings. The van der Waals surface area contributed by atoms with E-state index in [-0.39, 0.29) is 0 Å². The predicted octanol–water partition coefficient (Wildman–Crippen LogP) is 10.6. The Kier molecular flexibility index (Phi) is 5.04. The average Bonchev–Trinajstić information content (AvgIpc) is 3.55. The van der Waals surface area contributed by atoms with Crippen molar-refractivity contribution in [2.75, 3.05) is 4.90 Å². The van der Waals surface area contributed by atoms with Crippen molar-refractivity contribution in [2.45, 2.75) is 0 Å². The van der Waals surface area contributed by atoms with Crippen molar-refractivity contribution < 1.29 is 0 Å². The van der Waals surface area contributed by atoms with Crippen LogP contribution in [0.5, 0.6) is 0 Å². The van der Waals surface area contributed by atoms with Crippen molar-refractivity contribution in [1.29, 1.82) is 0 Å². The summed E-state index contributed by atoms with van der Waals surface area (Å²) in [6.07, 6.45) is 0. The lowest BCUT2D eigenvalue weighted by Crippen LogP contribution is -2.09. The summed E-state index contributed by atoms with van der Waals surface area (Å²) in [6.45, 7) is 0. The molecule has 0 saturated heterocycles. The maximum atomic E-state index is 2.41. The van der Waals surface area contributed by atoms with E-state index in [0.29, 0.717) is 0 Å². The predicted molar refractivity (Wildman–Crippen MR) is 168 cm³/mol. The lowest BCUT2D eigenvalue weighted by molar-refractivity contribution is 1.17. The lowest BCUT2D eigenvalue weighted by atomic mass is 10.1. The van der Waals surface area contributed by atoms with Crippen LogP contribution in [0, 0.1) is 0 Å². The number of fused-ring (bicyclic) bond motifs is 7. The number of anilines is 3. The van der Waals surface area contributed by atoms with Gasteiger partial charge in [-0.2, -0.15) is 0 Å². The van der Waals surface area contributed by atoms with E-state index in [1.54, 1.807) is 0 Å². The third kappa shape index (κ3) is 3.48. The van der Waals surface area contributed by atoms with Gasteiger partial charge in [0.25, 0.3) is 0 Å². The van der Waals surface area contributed by atoms with Crippen LogP contribution in [-0.4, -0.2) is 4.57 Å². The van der Waals surface area contributed by atoms with Crippen molar-refractivity contribution in [3.8, 4) is 5.69 Å². The van der Waals surface area contributed by atoms with E-state index in [9.17, 15) is 0 Å². The van der Waals surface area contributed by atoms with Crippen molar-refractivity contribution in [1.82, 2.24) is 4.57 Å². The Labute approximate surface area is 230 Å². The number of nitrogens with zero attached hydrogens (tertiary/aromatic N) is 2. The molecule has 0 spiro atoms. The number of hydrogen-bond acceptors (Lipinski definition) is 2. The van der Waals surface area contributed by atoms with Gasteiger partial charge >= 0.3 is 0 Å². The molecular formula is C36H24N2S. The summed E-state index contributed by atoms with van der Waals surface area (Å²) in [4.78, 5) is 2.30. The Balaban J connectivity index is 1.33. The van der Waals surface area contributed by atoms with Crippen molar-refractivity contribution in [2.24, 2.45) is 0 Å². The van der Waals surface area contributed by atoms with Crippen LogP contribution in [-0.2, 0) is 0 Å². The monoisotopic (exact) mass is 516 g/mol. The topological polar surface area (TPSA) is 8.17 Å². The number of para-hydroxylation sites is 3. The Hall–Kier alpha value is -4.86. The van der Waals surface area contributed by atoms with Gasteiger partial charge < -0.3 is 9.47 Å². The second kappa shape index (κ2) is 8.87. The van der Waals surface area contributed by atoms with E-state index in [1.807, 2.05) is 11.3 Å². The average molecular weight is 517 g/mol. The normalized spacial score (nSPS) is 11.6. The SMILES string of the molecule is c1ccc(N(c2ccccc2)c2ccc(-n3c4ccccc4c4c5sc6ccccc6c5ccc43)cc2)cc1. The van der Waals surface area contributed by atoms with Crippen LogP contribution < -0.4 is 4.90 Å². The summed E-state index contributed by atoms with van der Waals surface area (Å²) in [6, 6.07) is 52.2. The third-order valence-corrected chi connectivity index (χ3v) is 8.78. The first-order chi connectivity index (χ1) is 19.4. The van der Waals surface area contributed by atoms with Crippen LogP contribution in [0.1, 0.15) is 0 Å². The summed E-state index contributed by atoms with van der Waals surface area (Å²) >= 11 is 1.90. The van der Waals surface area contributed by atoms with Gasteiger partial charge in [-0.1, -0.05) is 78.9 Å². The number of aromatic nitrogens is 1. The summed E-state index contributed by atoms with van der Waals surface area (Å²) in [7, 11) is 0. The molecule has 3 heteroatoms. The number of benzene rings is 6. The molecule has 184 valence electrons. The van der Waals surface area contributed by atoms with Gasteiger partial charge in [-0.3, -0.25) is 0 Å². The third-order valence-electron chi connectivity index (χ3n) is 7.58. The molecule has 0 aliphatic rings. The largest absolute Gasteiger partial charge is 0.311 e. The summed E-state index contributed by atoms with van der Waals surface area (Å²) in [5, 5.41) is 5.30. The van der Waals surface area contributed by atoms with Crippen LogP contribution in [0.25, 0.3) is 47.7 Å². The molecule has 0 radical (unpaired) electrons.